The van der Waals surface area contributed by atoms with Crippen molar-refractivity contribution in [1.82, 2.24) is 5.32 Å². The van der Waals surface area contributed by atoms with Gasteiger partial charge in [-0.15, -0.1) is 0 Å². The average molecular weight is 501 g/mol. The summed E-state index contributed by atoms with van der Waals surface area (Å²) < 4.78 is 38.5. The van der Waals surface area contributed by atoms with Crippen LogP contribution in [0.2, 0.25) is 0 Å². The predicted octanol–water partition coefficient (Wildman–Crippen LogP) is 6.68. The zero-order chi connectivity index (χ0) is 24.1. The molecular weight excluding hydrogens is 472 g/mol. The number of hydrogen-bond acceptors (Lipinski definition) is 1. The molecule has 1 aliphatic rings. The van der Waals surface area contributed by atoms with Crippen LogP contribution >= 0.6 is 20.1 Å². The van der Waals surface area contributed by atoms with E-state index in [9.17, 15) is 13.2 Å². The smallest absolute Gasteiger partial charge is 0.360 e. The van der Waals surface area contributed by atoms with Crippen LogP contribution in [0.4, 0.5) is 18.9 Å². The number of benzene rings is 3. The number of anilines is 1. The third-order valence-corrected chi connectivity index (χ3v) is 9.64. The van der Waals surface area contributed by atoms with E-state index in [2.05, 4.69) is 78.2 Å². The molecule has 3 aromatic rings. The Kier molecular flexibility index (Phi) is 7.90. The first-order chi connectivity index (χ1) is 16.3. The predicted molar refractivity (Wildman–Crippen MR) is 140 cm³/mol. The maximum atomic E-state index is 12.8. The molecule has 1 fully saturated rings. The Morgan fingerprint density at radius 1 is 0.882 bits per heavy atom. The molecule has 1 saturated carbocycles. The largest absolute Gasteiger partial charge is 0.416 e. The monoisotopic (exact) mass is 500 g/mol. The molecule has 0 radical (unpaired) electrons. The molecule has 7 heteroatoms. The van der Waals surface area contributed by atoms with Gasteiger partial charge < -0.3 is 10.6 Å². The van der Waals surface area contributed by atoms with Crippen LogP contribution in [0.25, 0.3) is 0 Å². The molecule has 4 rings (SSSR count). The Bertz CT molecular complexity index is 1040. The molecule has 0 aromatic heterocycles. The van der Waals surface area contributed by atoms with Gasteiger partial charge in [0.15, 0.2) is 5.11 Å². The molecule has 0 amide bonds. The Morgan fingerprint density at radius 2 is 1.44 bits per heavy atom. The third-order valence-electron chi connectivity index (χ3n) is 6.40. The zero-order valence-electron chi connectivity index (χ0n) is 18.9. The quantitative estimate of drug-likeness (QED) is 0.292. The molecule has 1 aliphatic carbocycles. The summed E-state index contributed by atoms with van der Waals surface area (Å²) in [5, 5.41) is 9.66. The van der Waals surface area contributed by atoms with Crippen molar-refractivity contribution in [2.75, 3.05) is 5.32 Å². The first kappa shape index (κ1) is 24.7. The van der Waals surface area contributed by atoms with Crippen molar-refractivity contribution in [3.05, 3.63) is 90.5 Å². The summed E-state index contributed by atoms with van der Waals surface area (Å²) in [4.78, 5) is 0. The molecule has 3 aromatic carbocycles. The highest BCUT2D eigenvalue weighted by atomic mass is 32.1. The van der Waals surface area contributed by atoms with E-state index in [0.29, 0.717) is 22.4 Å². The molecular formula is C27H28F3N2PS. The second kappa shape index (κ2) is 10.9. The van der Waals surface area contributed by atoms with E-state index in [4.69, 9.17) is 12.2 Å². The second-order valence-corrected chi connectivity index (χ2v) is 11.5. The number of thiocarbonyl (C=S) groups is 1. The maximum absolute atomic E-state index is 12.8. The molecule has 0 saturated heterocycles. The molecule has 34 heavy (non-hydrogen) atoms. The topological polar surface area (TPSA) is 24.1 Å². The summed E-state index contributed by atoms with van der Waals surface area (Å²) in [5.74, 6) is 0.443. The van der Waals surface area contributed by atoms with Gasteiger partial charge in [-0.1, -0.05) is 67.1 Å². The van der Waals surface area contributed by atoms with Gasteiger partial charge in [-0.2, -0.15) is 13.2 Å². The van der Waals surface area contributed by atoms with Crippen molar-refractivity contribution in [1.29, 1.82) is 0 Å². The van der Waals surface area contributed by atoms with Crippen molar-refractivity contribution in [3.63, 3.8) is 0 Å². The van der Waals surface area contributed by atoms with Crippen molar-refractivity contribution in [3.8, 4) is 0 Å². The standard InChI is InChI=1S/C27H28F3N2PS/c1-19(31-26(34)32-21-17-15-20(16-18-21)27(28,29)30)24-13-8-14-25(24)33(22-9-4-2-5-10-22)23-11-6-3-7-12-23/h2-7,9-12,15-19,24-25H,8,13-14H2,1H3,(H2,31,32,34)/t19-,24?,25+/m1/s1. The Balaban J connectivity index is 1.47. The fourth-order valence-corrected chi connectivity index (χ4v) is 8.39. The van der Waals surface area contributed by atoms with E-state index in [0.717, 1.165) is 18.6 Å². The van der Waals surface area contributed by atoms with E-state index in [1.165, 1.54) is 35.6 Å². The van der Waals surface area contributed by atoms with E-state index in [1.54, 1.807) is 0 Å². The maximum Gasteiger partial charge on any atom is 0.416 e. The van der Waals surface area contributed by atoms with E-state index < -0.39 is 19.7 Å². The normalized spacial score (nSPS) is 19.1. The molecule has 0 aliphatic heterocycles. The number of nitrogens with one attached hydrogen (secondary N) is 2. The Hall–Kier alpha value is -2.43. The lowest BCUT2D eigenvalue weighted by molar-refractivity contribution is -0.137. The van der Waals surface area contributed by atoms with Crippen LogP contribution in [-0.4, -0.2) is 16.8 Å². The minimum absolute atomic E-state index is 0.138. The summed E-state index contributed by atoms with van der Waals surface area (Å²) in [5.41, 5.74) is 0.391. The fraction of sp³-hybridized carbons (Fsp3) is 0.296. The van der Waals surface area contributed by atoms with Gasteiger partial charge in [-0.25, -0.2) is 0 Å². The lowest BCUT2D eigenvalue weighted by Crippen LogP contribution is -2.43. The van der Waals surface area contributed by atoms with Gasteiger partial charge in [0.1, 0.15) is 0 Å². The van der Waals surface area contributed by atoms with E-state index in [-0.39, 0.29) is 6.04 Å². The van der Waals surface area contributed by atoms with Crippen LogP contribution in [0, 0.1) is 5.92 Å². The van der Waals surface area contributed by atoms with Gasteiger partial charge in [0.2, 0.25) is 0 Å². The first-order valence-electron chi connectivity index (χ1n) is 11.5. The first-order valence-corrected chi connectivity index (χ1v) is 13.3. The molecule has 0 heterocycles. The molecule has 2 nitrogen and oxygen atoms in total. The van der Waals surface area contributed by atoms with Gasteiger partial charge in [0.05, 0.1) is 5.56 Å². The van der Waals surface area contributed by atoms with Gasteiger partial charge in [0.25, 0.3) is 0 Å². The van der Waals surface area contributed by atoms with Crippen molar-refractivity contribution in [2.45, 2.75) is 44.1 Å². The molecule has 0 bridgehead atoms. The van der Waals surface area contributed by atoms with Crippen molar-refractivity contribution >= 4 is 41.5 Å². The minimum atomic E-state index is -4.35. The van der Waals surface area contributed by atoms with Gasteiger partial charge in [0, 0.05) is 11.7 Å². The summed E-state index contributed by atoms with van der Waals surface area (Å²) in [6.07, 6.45) is -0.871. The average Bonchev–Trinajstić information content (AvgIpc) is 3.30. The summed E-state index contributed by atoms with van der Waals surface area (Å²) >= 11 is 5.51. The number of hydrogen-bond donors (Lipinski definition) is 2. The van der Waals surface area contributed by atoms with Crippen molar-refractivity contribution in [2.24, 2.45) is 5.92 Å². The SMILES string of the molecule is C[C@@H](NC(=S)Nc1ccc(C(F)(F)F)cc1)C1CCC[C@@H]1P(c1ccccc1)c1ccccc1. The number of alkyl halides is 3. The van der Waals surface area contributed by atoms with E-state index >= 15 is 0 Å². The lowest BCUT2D eigenvalue weighted by Gasteiger charge is -2.34. The highest BCUT2D eigenvalue weighted by Crippen LogP contribution is 2.51. The molecule has 3 atom stereocenters. The van der Waals surface area contributed by atoms with Crippen LogP contribution < -0.4 is 21.2 Å². The number of rotatable bonds is 6. The molecule has 178 valence electrons. The fourth-order valence-electron chi connectivity index (χ4n) is 4.81. The number of halogens is 3. The van der Waals surface area contributed by atoms with Crippen LogP contribution in [0.5, 0.6) is 0 Å². The Labute approximate surface area is 205 Å². The lowest BCUT2D eigenvalue weighted by atomic mass is 9.99. The van der Waals surface area contributed by atoms with Gasteiger partial charge in [-0.05, 0) is 86.4 Å². The summed E-state index contributed by atoms with van der Waals surface area (Å²) in [6.45, 7) is 2.16. The van der Waals surface area contributed by atoms with Crippen molar-refractivity contribution < 1.29 is 13.2 Å². The summed E-state index contributed by atoms with van der Waals surface area (Å²) in [7, 11) is -0.522. The van der Waals surface area contributed by atoms with E-state index in [1.807, 2.05) is 0 Å². The van der Waals surface area contributed by atoms with Crippen LogP contribution in [0.15, 0.2) is 84.9 Å². The third kappa shape index (κ3) is 5.97. The van der Waals surface area contributed by atoms with Gasteiger partial charge >= 0.3 is 6.18 Å². The molecule has 0 spiro atoms. The van der Waals surface area contributed by atoms with Crippen LogP contribution in [0.3, 0.4) is 0 Å². The zero-order valence-corrected chi connectivity index (χ0v) is 20.6. The minimum Gasteiger partial charge on any atom is -0.360 e. The van der Waals surface area contributed by atoms with Crippen LogP contribution in [-0.2, 0) is 6.18 Å². The highest BCUT2D eigenvalue weighted by molar-refractivity contribution is 7.80. The second-order valence-electron chi connectivity index (χ2n) is 8.67. The molecule has 1 unspecified atom stereocenters. The van der Waals surface area contributed by atoms with Crippen LogP contribution in [0.1, 0.15) is 31.7 Å². The van der Waals surface area contributed by atoms with Gasteiger partial charge in [-0.3, -0.25) is 0 Å². The summed E-state index contributed by atoms with van der Waals surface area (Å²) in [6, 6.07) is 26.6. The molecule has 2 N–H and O–H groups in total. The highest BCUT2D eigenvalue weighted by Gasteiger charge is 2.38. The Morgan fingerprint density at radius 3 is 1.97 bits per heavy atom.